The SMILES string of the molecule is C[C@@H](NC=O)c1nc2ccccc2n1Cc1c(Cl)cccc1Cl. The van der Waals surface area contributed by atoms with Gasteiger partial charge >= 0.3 is 0 Å². The molecule has 1 heterocycles. The Morgan fingerprint density at radius 3 is 2.57 bits per heavy atom. The van der Waals surface area contributed by atoms with Crippen molar-refractivity contribution in [1.82, 2.24) is 14.9 Å². The van der Waals surface area contributed by atoms with Gasteiger partial charge in [0.05, 0.1) is 23.6 Å². The summed E-state index contributed by atoms with van der Waals surface area (Å²) in [5.74, 6) is 0.759. The van der Waals surface area contributed by atoms with E-state index in [0.717, 1.165) is 22.4 Å². The van der Waals surface area contributed by atoms with E-state index in [4.69, 9.17) is 23.2 Å². The molecule has 2 aromatic carbocycles. The number of rotatable bonds is 5. The number of nitrogens with one attached hydrogen (secondary N) is 1. The second kappa shape index (κ2) is 6.60. The van der Waals surface area contributed by atoms with Gasteiger partial charge in [-0.25, -0.2) is 4.98 Å². The van der Waals surface area contributed by atoms with Crippen LogP contribution >= 0.6 is 23.2 Å². The van der Waals surface area contributed by atoms with Crippen LogP contribution in [0.4, 0.5) is 0 Å². The molecule has 0 aliphatic carbocycles. The van der Waals surface area contributed by atoms with Crippen LogP contribution in [0.3, 0.4) is 0 Å². The average Bonchev–Trinajstić information content (AvgIpc) is 2.90. The molecule has 1 N–H and O–H groups in total. The monoisotopic (exact) mass is 347 g/mol. The van der Waals surface area contributed by atoms with Crippen LogP contribution in [0.15, 0.2) is 42.5 Å². The Bertz CT molecular complexity index is 840. The lowest BCUT2D eigenvalue weighted by Crippen LogP contribution is -2.21. The third-order valence-electron chi connectivity index (χ3n) is 3.77. The van der Waals surface area contributed by atoms with Gasteiger partial charge in [-0.1, -0.05) is 41.4 Å². The molecule has 118 valence electrons. The van der Waals surface area contributed by atoms with Gasteiger partial charge < -0.3 is 9.88 Å². The molecule has 0 saturated carbocycles. The normalized spacial score (nSPS) is 12.3. The summed E-state index contributed by atoms with van der Waals surface area (Å²) in [7, 11) is 0. The zero-order valence-corrected chi connectivity index (χ0v) is 14.0. The Labute approximate surface area is 144 Å². The molecule has 0 fully saturated rings. The third-order valence-corrected chi connectivity index (χ3v) is 4.48. The first-order valence-electron chi connectivity index (χ1n) is 7.19. The molecule has 3 rings (SSSR count). The number of benzene rings is 2. The molecule has 1 amide bonds. The van der Waals surface area contributed by atoms with E-state index >= 15 is 0 Å². The van der Waals surface area contributed by atoms with Crippen LogP contribution in [0.25, 0.3) is 11.0 Å². The summed E-state index contributed by atoms with van der Waals surface area (Å²) in [5, 5.41) is 3.97. The lowest BCUT2D eigenvalue weighted by atomic mass is 10.2. The zero-order valence-electron chi connectivity index (χ0n) is 12.5. The topological polar surface area (TPSA) is 46.9 Å². The van der Waals surface area contributed by atoms with Gasteiger partial charge in [-0.3, -0.25) is 4.79 Å². The first-order chi connectivity index (χ1) is 11.1. The number of halogens is 2. The molecule has 23 heavy (non-hydrogen) atoms. The minimum absolute atomic E-state index is 0.221. The van der Waals surface area contributed by atoms with Crippen LogP contribution in [-0.2, 0) is 11.3 Å². The van der Waals surface area contributed by atoms with Gasteiger partial charge in [0.15, 0.2) is 0 Å². The van der Waals surface area contributed by atoms with E-state index < -0.39 is 0 Å². The van der Waals surface area contributed by atoms with E-state index in [1.54, 1.807) is 0 Å². The van der Waals surface area contributed by atoms with Crippen molar-refractivity contribution in [3.8, 4) is 0 Å². The summed E-state index contributed by atoms with van der Waals surface area (Å²) in [6.45, 7) is 2.37. The van der Waals surface area contributed by atoms with Gasteiger partial charge in [0.2, 0.25) is 6.41 Å². The van der Waals surface area contributed by atoms with E-state index in [1.165, 1.54) is 0 Å². The molecule has 1 aromatic heterocycles. The maximum Gasteiger partial charge on any atom is 0.207 e. The van der Waals surface area contributed by atoms with Gasteiger partial charge in [0.1, 0.15) is 5.82 Å². The van der Waals surface area contributed by atoms with Crippen LogP contribution < -0.4 is 5.32 Å². The maximum absolute atomic E-state index is 10.8. The van der Waals surface area contributed by atoms with Gasteiger partial charge in [0, 0.05) is 15.6 Å². The van der Waals surface area contributed by atoms with Crippen molar-refractivity contribution in [3.63, 3.8) is 0 Å². The average molecular weight is 348 g/mol. The van der Waals surface area contributed by atoms with Gasteiger partial charge in [0.25, 0.3) is 0 Å². The van der Waals surface area contributed by atoms with Crippen LogP contribution in [0.1, 0.15) is 24.4 Å². The quantitative estimate of drug-likeness (QED) is 0.703. The number of hydrogen-bond acceptors (Lipinski definition) is 2. The molecule has 0 saturated heterocycles. The number of aromatic nitrogens is 2. The van der Waals surface area contributed by atoms with Crippen molar-refractivity contribution >= 4 is 40.6 Å². The molecular weight excluding hydrogens is 333 g/mol. The minimum Gasteiger partial charge on any atom is -0.349 e. The van der Waals surface area contributed by atoms with Crippen molar-refractivity contribution in [2.45, 2.75) is 19.5 Å². The number of nitrogens with zero attached hydrogens (tertiary/aromatic N) is 2. The Morgan fingerprint density at radius 2 is 1.87 bits per heavy atom. The summed E-state index contributed by atoms with van der Waals surface area (Å²) in [5.41, 5.74) is 2.67. The van der Waals surface area contributed by atoms with E-state index in [1.807, 2.05) is 54.0 Å². The molecule has 1 atom stereocenters. The highest BCUT2D eigenvalue weighted by Gasteiger charge is 2.18. The first kappa shape index (κ1) is 15.8. The number of hydrogen-bond donors (Lipinski definition) is 1. The van der Waals surface area contributed by atoms with Gasteiger partial charge in [-0.15, -0.1) is 0 Å². The second-order valence-corrected chi connectivity index (χ2v) is 6.07. The summed E-state index contributed by atoms with van der Waals surface area (Å²) in [6.07, 6.45) is 0.677. The van der Waals surface area contributed by atoms with Crippen molar-refractivity contribution in [2.24, 2.45) is 0 Å². The highest BCUT2D eigenvalue weighted by Crippen LogP contribution is 2.28. The molecule has 0 radical (unpaired) electrons. The molecule has 0 spiro atoms. The van der Waals surface area contributed by atoms with Crippen molar-refractivity contribution < 1.29 is 4.79 Å². The highest BCUT2D eigenvalue weighted by atomic mass is 35.5. The molecule has 0 unspecified atom stereocenters. The van der Waals surface area contributed by atoms with Crippen molar-refractivity contribution in [1.29, 1.82) is 0 Å². The number of imidazole rings is 1. The standard InChI is InChI=1S/C17H15Cl2N3O/c1-11(20-10-23)17-21-15-7-2-3-8-16(15)22(17)9-12-13(18)5-4-6-14(12)19/h2-8,10-11H,9H2,1H3,(H,20,23)/t11-/m1/s1. The Hall–Kier alpha value is -2.04. The molecule has 3 aromatic rings. The number of fused-ring (bicyclic) bond motifs is 1. The summed E-state index contributed by atoms with van der Waals surface area (Å²) in [4.78, 5) is 15.4. The van der Waals surface area contributed by atoms with E-state index in [0.29, 0.717) is 23.0 Å². The number of carbonyl (C=O) groups is 1. The molecule has 0 bridgehead atoms. The van der Waals surface area contributed by atoms with E-state index in [-0.39, 0.29) is 6.04 Å². The predicted octanol–water partition coefficient (Wildman–Crippen LogP) is 4.20. The van der Waals surface area contributed by atoms with Crippen molar-refractivity contribution in [2.75, 3.05) is 0 Å². The zero-order chi connectivity index (χ0) is 16.4. The Kier molecular flexibility index (Phi) is 4.55. The molecular formula is C17H15Cl2N3O. The second-order valence-electron chi connectivity index (χ2n) is 5.25. The number of amides is 1. The summed E-state index contributed by atoms with van der Waals surface area (Å²) < 4.78 is 2.03. The van der Waals surface area contributed by atoms with Gasteiger partial charge in [-0.2, -0.15) is 0 Å². The number of para-hydroxylation sites is 2. The molecule has 0 aliphatic rings. The Morgan fingerprint density at radius 1 is 1.17 bits per heavy atom. The van der Waals surface area contributed by atoms with Crippen LogP contribution in [0.5, 0.6) is 0 Å². The smallest absolute Gasteiger partial charge is 0.207 e. The van der Waals surface area contributed by atoms with E-state index in [2.05, 4.69) is 10.3 Å². The fourth-order valence-electron chi connectivity index (χ4n) is 2.61. The summed E-state index contributed by atoms with van der Waals surface area (Å²) >= 11 is 12.6. The third kappa shape index (κ3) is 3.05. The van der Waals surface area contributed by atoms with Gasteiger partial charge in [-0.05, 0) is 31.2 Å². The maximum atomic E-state index is 10.8. The molecule has 0 aliphatic heterocycles. The lowest BCUT2D eigenvalue weighted by molar-refractivity contribution is -0.110. The predicted molar refractivity (Wildman–Crippen MR) is 92.9 cm³/mol. The van der Waals surface area contributed by atoms with Crippen LogP contribution in [-0.4, -0.2) is 16.0 Å². The van der Waals surface area contributed by atoms with Crippen LogP contribution in [0.2, 0.25) is 10.0 Å². The summed E-state index contributed by atoms with van der Waals surface area (Å²) in [6, 6.07) is 13.0. The first-order valence-corrected chi connectivity index (χ1v) is 7.95. The molecule has 6 heteroatoms. The highest BCUT2D eigenvalue weighted by molar-refractivity contribution is 6.36. The number of carbonyl (C=O) groups excluding carboxylic acids is 1. The van der Waals surface area contributed by atoms with Crippen LogP contribution in [0, 0.1) is 0 Å². The largest absolute Gasteiger partial charge is 0.349 e. The fraction of sp³-hybridized carbons (Fsp3) is 0.176. The van der Waals surface area contributed by atoms with E-state index in [9.17, 15) is 4.79 Å². The lowest BCUT2D eigenvalue weighted by Gasteiger charge is -2.15. The van der Waals surface area contributed by atoms with Crippen molar-refractivity contribution in [3.05, 3.63) is 63.9 Å². The minimum atomic E-state index is -0.221. The Balaban J connectivity index is 2.14. The fourth-order valence-corrected chi connectivity index (χ4v) is 3.13. The molecule has 4 nitrogen and oxygen atoms in total.